The number of nitrogens with zero attached hydrogens (tertiary/aromatic N) is 2. The smallest absolute Gasteiger partial charge is 0.161 e. The molecule has 17 heavy (non-hydrogen) atoms. The van der Waals surface area contributed by atoms with Crippen LogP contribution in [0.1, 0.15) is 28.4 Å². The first-order valence-electron chi connectivity index (χ1n) is 5.35. The molecule has 1 heterocycles. The van der Waals surface area contributed by atoms with Crippen LogP contribution in [0, 0.1) is 11.3 Å². The summed E-state index contributed by atoms with van der Waals surface area (Å²) in [5.41, 5.74) is 2.49. The number of hydrogen-bond donors (Lipinski definition) is 0. The normalized spacial score (nSPS) is 9.88. The van der Waals surface area contributed by atoms with Gasteiger partial charge >= 0.3 is 0 Å². The maximum Gasteiger partial charge on any atom is 0.161 e. The van der Waals surface area contributed by atoms with Gasteiger partial charge < -0.3 is 4.57 Å². The van der Waals surface area contributed by atoms with E-state index in [1.165, 1.54) is 0 Å². The molecule has 0 radical (unpaired) electrons. The lowest BCUT2D eigenvalue weighted by atomic mass is 10.1. The maximum absolute atomic E-state index is 11.1. The number of hydrogen-bond acceptors (Lipinski definition) is 2. The minimum Gasteiger partial charge on any atom is -0.349 e. The average Bonchev–Trinajstić information content (AvgIpc) is 2.79. The van der Waals surface area contributed by atoms with Gasteiger partial charge in [-0.05, 0) is 30.7 Å². The fraction of sp³-hybridized carbons (Fsp3) is 0.143. The topological polar surface area (TPSA) is 45.8 Å². The molecule has 3 nitrogen and oxygen atoms in total. The first-order valence-corrected chi connectivity index (χ1v) is 5.35. The lowest BCUT2D eigenvalue weighted by Gasteiger charge is -2.02. The molecular weight excluding hydrogens is 212 g/mol. The molecule has 1 aromatic heterocycles. The summed E-state index contributed by atoms with van der Waals surface area (Å²) >= 11 is 0. The van der Waals surface area contributed by atoms with Crippen LogP contribution in [0.25, 0.3) is 0 Å². The van der Waals surface area contributed by atoms with Crippen molar-refractivity contribution in [2.75, 3.05) is 0 Å². The molecule has 0 saturated heterocycles. The van der Waals surface area contributed by atoms with Crippen LogP contribution in [0.5, 0.6) is 0 Å². The molecule has 2 aromatic rings. The minimum absolute atomic E-state index is 0.0728. The Balaban J connectivity index is 2.14. The average molecular weight is 224 g/mol. The molecule has 0 spiro atoms. The van der Waals surface area contributed by atoms with Crippen molar-refractivity contribution in [2.45, 2.75) is 13.5 Å². The van der Waals surface area contributed by atoms with Crippen LogP contribution in [-0.2, 0) is 6.54 Å². The monoisotopic (exact) mass is 224 g/mol. The van der Waals surface area contributed by atoms with Gasteiger partial charge in [0.05, 0.1) is 11.6 Å². The highest BCUT2D eigenvalue weighted by molar-refractivity contribution is 5.93. The summed E-state index contributed by atoms with van der Waals surface area (Å²) < 4.78 is 1.96. The van der Waals surface area contributed by atoms with Crippen molar-refractivity contribution in [3.05, 3.63) is 59.4 Å². The summed E-state index contributed by atoms with van der Waals surface area (Å²) in [7, 11) is 0. The molecular formula is C14H12N2O. The fourth-order valence-corrected chi connectivity index (χ4v) is 1.64. The fourth-order valence-electron chi connectivity index (χ4n) is 1.64. The molecule has 3 heteroatoms. The van der Waals surface area contributed by atoms with E-state index in [2.05, 4.69) is 6.07 Å². The van der Waals surface area contributed by atoms with E-state index in [-0.39, 0.29) is 5.78 Å². The van der Waals surface area contributed by atoms with Crippen molar-refractivity contribution in [2.24, 2.45) is 0 Å². The molecule has 0 N–H and O–H groups in total. The summed E-state index contributed by atoms with van der Waals surface area (Å²) in [6.45, 7) is 2.26. The minimum atomic E-state index is 0.0728. The Labute approximate surface area is 99.9 Å². The van der Waals surface area contributed by atoms with Gasteiger partial charge in [-0.3, -0.25) is 4.79 Å². The first-order chi connectivity index (χ1) is 8.19. The van der Waals surface area contributed by atoms with E-state index in [1.54, 1.807) is 19.1 Å². The number of ketones is 1. The van der Waals surface area contributed by atoms with E-state index in [0.29, 0.717) is 12.1 Å². The van der Waals surface area contributed by atoms with Crippen LogP contribution in [-0.4, -0.2) is 10.4 Å². The Morgan fingerprint density at radius 3 is 2.53 bits per heavy atom. The van der Waals surface area contributed by atoms with Gasteiger partial charge in [0.15, 0.2) is 5.78 Å². The zero-order valence-electron chi connectivity index (χ0n) is 9.55. The van der Waals surface area contributed by atoms with Crippen LogP contribution in [0.4, 0.5) is 0 Å². The maximum atomic E-state index is 11.1. The van der Waals surface area contributed by atoms with E-state index in [9.17, 15) is 4.79 Å². The first kappa shape index (κ1) is 11.2. The van der Waals surface area contributed by atoms with Crippen molar-refractivity contribution in [1.82, 2.24) is 4.57 Å². The zero-order valence-corrected chi connectivity index (χ0v) is 9.55. The molecule has 0 amide bonds. The van der Waals surface area contributed by atoms with Gasteiger partial charge in [0.2, 0.25) is 0 Å². The van der Waals surface area contributed by atoms with Gasteiger partial charge in [-0.15, -0.1) is 0 Å². The molecule has 2 rings (SSSR count). The van der Waals surface area contributed by atoms with Crippen molar-refractivity contribution < 1.29 is 4.79 Å². The molecule has 0 aliphatic heterocycles. The van der Waals surface area contributed by atoms with Crippen LogP contribution in [0.15, 0.2) is 42.7 Å². The van der Waals surface area contributed by atoms with Gasteiger partial charge in [0.1, 0.15) is 0 Å². The molecule has 1 aromatic carbocycles. The largest absolute Gasteiger partial charge is 0.349 e. The Bertz CT molecular complexity index is 573. The van der Waals surface area contributed by atoms with Gasteiger partial charge in [-0.1, -0.05) is 12.1 Å². The third kappa shape index (κ3) is 2.61. The van der Waals surface area contributed by atoms with Gasteiger partial charge in [-0.25, -0.2) is 0 Å². The number of benzene rings is 1. The molecule has 0 fully saturated rings. The number of rotatable bonds is 3. The van der Waals surface area contributed by atoms with Crippen molar-refractivity contribution in [3.8, 4) is 6.07 Å². The van der Waals surface area contributed by atoms with Crippen molar-refractivity contribution >= 4 is 5.78 Å². The van der Waals surface area contributed by atoms with Crippen LogP contribution < -0.4 is 0 Å². The second-order valence-corrected chi connectivity index (χ2v) is 3.94. The number of carbonyl (C=O) groups is 1. The highest BCUT2D eigenvalue weighted by Gasteiger charge is 2.02. The van der Waals surface area contributed by atoms with Gasteiger partial charge in [0.25, 0.3) is 0 Å². The third-order valence-corrected chi connectivity index (χ3v) is 2.61. The highest BCUT2D eigenvalue weighted by Crippen LogP contribution is 2.08. The molecule has 0 unspecified atom stereocenters. The molecule has 0 saturated carbocycles. The van der Waals surface area contributed by atoms with E-state index in [1.807, 2.05) is 35.2 Å². The van der Waals surface area contributed by atoms with Crippen molar-refractivity contribution in [1.29, 1.82) is 5.26 Å². The van der Waals surface area contributed by atoms with Crippen LogP contribution >= 0.6 is 0 Å². The highest BCUT2D eigenvalue weighted by atomic mass is 16.1. The van der Waals surface area contributed by atoms with Crippen molar-refractivity contribution in [3.63, 3.8) is 0 Å². The molecule has 0 aliphatic rings. The predicted molar refractivity (Wildman–Crippen MR) is 64.7 cm³/mol. The predicted octanol–water partition coefficient (Wildman–Crippen LogP) is 2.61. The Morgan fingerprint density at radius 1 is 1.29 bits per heavy atom. The summed E-state index contributed by atoms with van der Waals surface area (Å²) in [5, 5.41) is 8.69. The third-order valence-electron chi connectivity index (χ3n) is 2.61. The summed E-state index contributed by atoms with van der Waals surface area (Å²) in [4.78, 5) is 11.1. The van der Waals surface area contributed by atoms with E-state index in [4.69, 9.17) is 5.26 Å². The van der Waals surface area contributed by atoms with Crippen LogP contribution in [0.2, 0.25) is 0 Å². The number of nitriles is 1. The quantitative estimate of drug-likeness (QED) is 0.752. The lowest BCUT2D eigenvalue weighted by Crippen LogP contribution is -1.97. The molecule has 0 aliphatic carbocycles. The Morgan fingerprint density at radius 2 is 2.00 bits per heavy atom. The Hall–Kier alpha value is -2.34. The molecule has 84 valence electrons. The standard InChI is InChI=1S/C14H12N2O/c1-11(17)14-6-7-16(10-14)9-13-4-2-12(8-15)3-5-13/h2-7,10H,9H2,1H3. The second kappa shape index (κ2) is 4.67. The molecule has 0 atom stereocenters. The lowest BCUT2D eigenvalue weighted by molar-refractivity contribution is 0.101. The summed E-state index contributed by atoms with van der Waals surface area (Å²) in [6, 6.07) is 11.3. The number of carbonyl (C=O) groups excluding carboxylic acids is 1. The van der Waals surface area contributed by atoms with Gasteiger partial charge in [-0.2, -0.15) is 5.26 Å². The van der Waals surface area contributed by atoms with Gasteiger partial charge in [0, 0.05) is 24.5 Å². The Kier molecular flexibility index (Phi) is 3.06. The second-order valence-electron chi connectivity index (χ2n) is 3.94. The number of Topliss-reactive ketones (excluding diaryl/α,β-unsaturated/α-hetero) is 1. The van der Waals surface area contributed by atoms with E-state index in [0.717, 1.165) is 11.1 Å². The summed E-state index contributed by atoms with van der Waals surface area (Å²) in [6.07, 6.45) is 3.72. The van der Waals surface area contributed by atoms with Crippen LogP contribution in [0.3, 0.4) is 0 Å². The zero-order chi connectivity index (χ0) is 12.3. The SMILES string of the molecule is CC(=O)c1ccn(Cc2ccc(C#N)cc2)c1. The van der Waals surface area contributed by atoms with E-state index < -0.39 is 0 Å². The van der Waals surface area contributed by atoms with E-state index >= 15 is 0 Å². The number of aromatic nitrogens is 1. The molecule has 0 bridgehead atoms. The summed E-state index contributed by atoms with van der Waals surface area (Å²) in [5.74, 6) is 0.0728.